The number of aliphatic hydroxyl groups is 1. The lowest BCUT2D eigenvalue weighted by atomic mass is 10.0. The van der Waals surface area contributed by atoms with Crippen LogP contribution < -0.4 is 9.64 Å². The molecule has 0 amide bonds. The van der Waals surface area contributed by atoms with Crippen molar-refractivity contribution in [3.8, 4) is 5.75 Å². The third-order valence-corrected chi connectivity index (χ3v) is 3.50. The molecular formula is C17H21NO2. The minimum Gasteiger partial charge on any atom is -0.497 e. The lowest BCUT2D eigenvalue weighted by Gasteiger charge is -2.24. The fourth-order valence-electron chi connectivity index (χ4n) is 2.24. The summed E-state index contributed by atoms with van der Waals surface area (Å²) >= 11 is 0. The van der Waals surface area contributed by atoms with Crippen LogP contribution in [0.15, 0.2) is 48.5 Å². The van der Waals surface area contributed by atoms with Crippen LogP contribution in [0.25, 0.3) is 0 Å². The highest BCUT2D eigenvalue weighted by Crippen LogP contribution is 2.32. The Hall–Kier alpha value is -2.00. The van der Waals surface area contributed by atoms with Gasteiger partial charge in [0.15, 0.2) is 0 Å². The monoisotopic (exact) mass is 271 g/mol. The zero-order valence-electron chi connectivity index (χ0n) is 12.2. The predicted molar refractivity (Wildman–Crippen MR) is 82.7 cm³/mol. The van der Waals surface area contributed by atoms with E-state index < -0.39 is 6.10 Å². The Morgan fingerprint density at radius 2 is 1.75 bits per heavy atom. The molecule has 3 nitrogen and oxygen atoms in total. The van der Waals surface area contributed by atoms with E-state index in [1.807, 2.05) is 62.5 Å². The van der Waals surface area contributed by atoms with E-state index in [0.717, 1.165) is 22.7 Å². The second-order valence-corrected chi connectivity index (χ2v) is 4.74. The minimum atomic E-state index is -0.438. The second kappa shape index (κ2) is 6.44. The fourth-order valence-corrected chi connectivity index (χ4v) is 2.24. The molecule has 0 saturated carbocycles. The number of hydrogen-bond donors (Lipinski definition) is 1. The quantitative estimate of drug-likeness (QED) is 0.895. The number of methoxy groups -OCH3 is 1. The molecule has 0 bridgehead atoms. The number of para-hydroxylation sites is 1. The van der Waals surface area contributed by atoms with Crippen LogP contribution in [-0.4, -0.2) is 19.3 Å². The Morgan fingerprint density at radius 1 is 1.10 bits per heavy atom. The van der Waals surface area contributed by atoms with Crippen LogP contribution in [0.5, 0.6) is 5.75 Å². The first-order chi connectivity index (χ1) is 9.67. The first kappa shape index (κ1) is 14.4. The summed E-state index contributed by atoms with van der Waals surface area (Å²) in [5, 5.41) is 10.1. The minimum absolute atomic E-state index is 0.438. The Balaban J connectivity index is 2.34. The Morgan fingerprint density at radius 3 is 2.35 bits per heavy atom. The fraction of sp³-hybridized carbons (Fsp3) is 0.294. The number of ether oxygens (including phenoxy) is 1. The van der Waals surface area contributed by atoms with Gasteiger partial charge in [0.05, 0.1) is 13.2 Å². The van der Waals surface area contributed by atoms with E-state index in [4.69, 9.17) is 4.74 Å². The van der Waals surface area contributed by atoms with Crippen LogP contribution in [0, 0.1) is 0 Å². The molecule has 0 aliphatic heterocycles. The van der Waals surface area contributed by atoms with Gasteiger partial charge in [-0.25, -0.2) is 0 Å². The van der Waals surface area contributed by atoms with Crippen molar-refractivity contribution in [3.05, 3.63) is 54.1 Å². The molecule has 2 aromatic rings. The van der Waals surface area contributed by atoms with Gasteiger partial charge < -0.3 is 14.7 Å². The molecule has 0 unspecified atom stereocenters. The van der Waals surface area contributed by atoms with Gasteiger partial charge in [-0.15, -0.1) is 0 Å². The van der Waals surface area contributed by atoms with Crippen LogP contribution in [-0.2, 0) is 0 Å². The van der Waals surface area contributed by atoms with E-state index in [2.05, 4.69) is 4.90 Å². The molecule has 3 heteroatoms. The number of hydrogen-bond acceptors (Lipinski definition) is 3. The van der Waals surface area contributed by atoms with Crippen LogP contribution in [0.1, 0.15) is 25.0 Å². The summed E-state index contributed by atoms with van der Waals surface area (Å²) in [6.07, 6.45) is 0.264. The SMILES string of the molecule is CC[C@H](O)c1ccccc1N(C)c1ccc(OC)cc1. The average molecular weight is 271 g/mol. The van der Waals surface area contributed by atoms with Crippen LogP contribution >= 0.6 is 0 Å². The topological polar surface area (TPSA) is 32.7 Å². The molecule has 1 N–H and O–H groups in total. The molecule has 2 aromatic carbocycles. The van der Waals surface area contributed by atoms with Crippen molar-refractivity contribution in [2.24, 2.45) is 0 Å². The third-order valence-electron chi connectivity index (χ3n) is 3.50. The maximum absolute atomic E-state index is 10.1. The molecule has 0 radical (unpaired) electrons. The van der Waals surface area contributed by atoms with Crippen molar-refractivity contribution in [2.45, 2.75) is 19.4 Å². The molecule has 0 saturated heterocycles. The molecule has 0 aliphatic rings. The molecule has 0 heterocycles. The highest BCUT2D eigenvalue weighted by molar-refractivity contribution is 5.66. The van der Waals surface area contributed by atoms with E-state index in [1.54, 1.807) is 7.11 Å². The Labute approximate surface area is 120 Å². The van der Waals surface area contributed by atoms with E-state index in [1.165, 1.54) is 0 Å². The molecule has 0 spiro atoms. The number of rotatable bonds is 5. The molecular weight excluding hydrogens is 250 g/mol. The largest absolute Gasteiger partial charge is 0.497 e. The van der Waals surface area contributed by atoms with Gasteiger partial charge in [-0.05, 0) is 36.8 Å². The van der Waals surface area contributed by atoms with Crippen molar-refractivity contribution in [1.82, 2.24) is 0 Å². The summed E-state index contributed by atoms with van der Waals surface area (Å²) in [7, 11) is 3.66. The van der Waals surface area contributed by atoms with Gasteiger partial charge >= 0.3 is 0 Å². The Kier molecular flexibility index (Phi) is 4.64. The highest BCUT2D eigenvalue weighted by Gasteiger charge is 2.14. The third kappa shape index (κ3) is 2.94. The maximum Gasteiger partial charge on any atom is 0.119 e. The van der Waals surface area contributed by atoms with Gasteiger partial charge in [0.2, 0.25) is 0 Å². The van der Waals surface area contributed by atoms with Crippen molar-refractivity contribution < 1.29 is 9.84 Å². The van der Waals surface area contributed by atoms with Gasteiger partial charge in [-0.1, -0.05) is 25.1 Å². The van der Waals surface area contributed by atoms with E-state index in [9.17, 15) is 5.11 Å². The molecule has 1 atom stereocenters. The zero-order chi connectivity index (χ0) is 14.5. The second-order valence-electron chi connectivity index (χ2n) is 4.74. The molecule has 0 fully saturated rings. The van der Waals surface area contributed by atoms with Gasteiger partial charge in [-0.2, -0.15) is 0 Å². The normalized spacial score (nSPS) is 12.0. The summed E-state index contributed by atoms with van der Waals surface area (Å²) in [5.41, 5.74) is 3.03. The maximum atomic E-state index is 10.1. The molecule has 2 rings (SSSR count). The smallest absolute Gasteiger partial charge is 0.119 e. The molecule has 0 aliphatic carbocycles. The number of benzene rings is 2. The number of aliphatic hydroxyl groups excluding tert-OH is 1. The molecule has 0 aromatic heterocycles. The predicted octanol–water partition coefficient (Wildman–Crippen LogP) is 3.91. The summed E-state index contributed by atoms with van der Waals surface area (Å²) in [6.45, 7) is 1.98. The summed E-state index contributed by atoms with van der Waals surface area (Å²) in [4.78, 5) is 2.08. The van der Waals surface area contributed by atoms with E-state index in [0.29, 0.717) is 6.42 Å². The standard InChI is InChI=1S/C17H21NO2/c1-4-17(19)15-7-5-6-8-16(15)18(2)13-9-11-14(20-3)12-10-13/h5-12,17,19H,4H2,1-3H3/t17-/m0/s1. The zero-order valence-corrected chi connectivity index (χ0v) is 12.2. The van der Waals surface area contributed by atoms with Crippen molar-refractivity contribution in [3.63, 3.8) is 0 Å². The molecule has 20 heavy (non-hydrogen) atoms. The van der Waals surface area contributed by atoms with E-state index >= 15 is 0 Å². The van der Waals surface area contributed by atoms with Gasteiger partial charge in [0.1, 0.15) is 5.75 Å². The average Bonchev–Trinajstić information content (AvgIpc) is 2.53. The van der Waals surface area contributed by atoms with Crippen molar-refractivity contribution in [2.75, 3.05) is 19.1 Å². The van der Waals surface area contributed by atoms with Crippen LogP contribution in [0.4, 0.5) is 11.4 Å². The number of nitrogens with zero attached hydrogens (tertiary/aromatic N) is 1. The Bertz CT molecular complexity index is 551. The van der Waals surface area contributed by atoms with Crippen molar-refractivity contribution in [1.29, 1.82) is 0 Å². The van der Waals surface area contributed by atoms with Crippen LogP contribution in [0.3, 0.4) is 0 Å². The summed E-state index contributed by atoms with van der Waals surface area (Å²) in [5.74, 6) is 0.837. The highest BCUT2D eigenvalue weighted by atomic mass is 16.5. The van der Waals surface area contributed by atoms with Crippen molar-refractivity contribution >= 4 is 11.4 Å². The molecule has 106 valence electrons. The van der Waals surface area contributed by atoms with E-state index in [-0.39, 0.29) is 0 Å². The van der Waals surface area contributed by atoms with Gasteiger partial charge in [0, 0.05) is 24.0 Å². The van der Waals surface area contributed by atoms with Gasteiger partial charge in [-0.3, -0.25) is 0 Å². The summed E-state index contributed by atoms with van der Waals surface area (Å²) in [6, 6.07) is 15.8. The number of anilines is 2. The van der Waals surface area contributed by atoms with Gasteiger partial charge in [0.25, 0.3) is 0 Å². The lowest BCUT2D eigenvalue weighted by molar-refractivity contribution is 0.174. The lowest BCUT2D eigenvalue weighted by Crippen LogP contribution is -2.13. The first-order valence-electron chi connectivity index (χ1n) is 6.82. The summed E-state index contributed by atoms with van der Waals surface area (Å²) < 4.78 is 5.18. The first-order valence-corrected chi connectivity index (χ1v) is 6.82. The van der Waals surface area contributed by atoms with Crippen LogP contribution in [0.2, 0.25) is 0 Å².